The maximum absolute atomic E-state index is 11.7. The normalized spacial score (nSPS) is 10.8. The molecule has 0 amide bonds. The highest BCUT2D eigenvalue weighted by atomic mass is 16.5. The molecule has 1 heterocycles. The lowest BCUT2D eigenvalue weighted by molar-refractivity contribution is 0.0549. The van der Waals surface area contributed by atoms with Crippen LogP contribution < -0.4 is 0 Å². The van der Waals surface area contributed by atoms with Gasteiger partial charge >= 0.3 is 5.97 Å². The summed E-state index contributed by atoms with van der Waals surface area (Å²) in [5.41, 5.74) is 1.45. The molecule has 19 heavy (non-hydrogen) atoms. The Kier molecular flexibility index (Phi) is 4.50. The molecule has 0 radical (unpaired) electrons. The third-order valence-electron chi connectivity index (χ3n) is 2.58. The maximum Gasteiger partial charge on any atom is 0.338 e. The molecule has 0 saturated carbocycles. The minimum atomic E-state index is -0.312. The Morgan fingerprint density at radius 3 is 2.74 bits per heavy atom. The van der Waals surface area contributed by atoms with Crippen LogP contribution in [0.5, 0.6) is 0 Å². The second kappa shape index (κ2) is 6.54. The Bertz CT molecular complexity index is 542. The molecule has 1 aromatic heterocycles. The molecule has 2 aromatic rings. The van der Waals surface area contributed by atoms with E-state index in [0.717, 1.165) is 12.1 Å². The van der Waals surface area contributed by atoms with Gasteiger partial charge in [-0.1, -0.05) is 19.1 Å². The van der Waals surface area contributed by atoms with Crippen LogP contribution >= 0.6 is 0 Å². The van der Waals surface area contributed by atoms with E-state index in [9.17, 15) is 4.79 Å². The Hall–Kier alpha value is -2.36. The summed E-state index contributed by atoms with van der Waals surface area (Å²) in [5, 5.41) is 4.12. The van der Waals surface area contributed by atoms with Crippen molar-refractivity contribution in [3.8, 4) is 5.69 Å². The van der Waals surface area contributed by atoms with Crippen LogP contribution in [-0.2, 0) is 4.74 Å². The zero-order chi connectivity index (χ0) is 13.5. The van der Waals surface area contributed by atoms with Crippen LogP contribution in [0.15, 0.2) is 54.9 Å². The maximum atomic E-state index is 11.7. The fraction of sp³-hybridized carbons (Fsp3) is 0.200. The van der Waals surface area contributed by atoms with E-state index in [4.69, 9.17) is 4.74 Å². The van der Waals surface area contributed by atoms with E-state index in [1.807, 2.05) is 43.5 Å². The molecule has 0 aliphatic heterocycles. The van der Waals surface area contributed by atoms with E-state index in [1.165, 1.54) is 0 Å². The summed E-state index contributed by atoms with van der Waals surface area (Å²) in [6.45, 7) is 2.35. The first-order valence-corrected chi connectivity index (χ1v) is 6.23. The molecular weight excluding hydrogens is 240 g/mol. The molecule has 4 nitrogen and oxygen atoms in total. The number of ether oxygens (including phenoxy) is 1. The molecule has 0 aliphatic rings. The van der Waals surface area contributed by atoms with Crippen LogP contribution in [0.25, 0.3) is 5.69 Å². The first kappa shape index (κ1) is 13.1. The molecular formula is C15H16N2O2. The van der Waals surface area contributed by atoms with Gasteiger partial charge in [0.2, 0.25) is 0 Å². The van der Waals surface area contributed by atoms with Crippen molar-refractivity contribution in [3.05, 3.63) is 60.4 Å². The lowest BCUT2D eigenvalue weighted by atomic mass is 10.2. The number of esters is 1. The smallest absolute Gasteiger partial charge is 0.338 e. The van der Waals surface area contributed by atoms with Crippen molar-refractivity contribution >= 4 is 5.97 Å². The number of rotatable bonds is 5. The largest absolute Gasteiger partial charge is 0.458 e. The highest BCUT2D eigenvalue weighted by Gasteiger charge is 2.06. The van der Waals surface area contributed by atoms with E-state index in [1.54, 1.807) is 23.0 Å². The summed E-state index contributed by atoms with van der Waals surface area (Å²) in [5.74, 6) is -0.312. The molecule has 0 unspecified atom stereocenters. The predicted octanol–water partition coefficient (Wildman–Crippen LogP) is 3.00. The molecule has 0 N–H and O–H groups in total. The van der Waals surface area contributed by atoms with Gasteiger partial charge in [0.05, 0.1) is 11.3 Å². The number of carbonyl (C=O) groups is 1. The average Bonchev–Trinajstić information content (AvgIpc) is 2.98. The van der Waals surface area contributed by atoms with Crippen LogP contribution in [0, 0.1) is 0 Å². The van der Waals surface area contributed by atoms with E-state index in [-0.39, 0.29) is 5.97 Å². The van der Waals surface area contributed by atoms with Gasteiger partial charge in [0.1, 0.15) is 6.61 Å². The van der Waals surface area contributed by atoms with Crippen LogP contribution in [0.1, 0.15) is 23.7 Å². The second-order valence-electron chi connectivity index (χ2n) is 3.98. The van der Waals surface area contributed by atoms with Crippen LogP contribution in [0.2, 0.25) is 0 Å². The fourth-order valence-electron chi connectivity index (χ4n) is 1.61. The first-order valence-electron chi connectivity index (χ1n) is 6.23. The SMILES string of the molecule is CC/C=C/COC(=O)c1ccc(-n2cccn2)cc1. The van der Waals surface area contributed by atoms with Gasteiger partial charge in [-0.2, -0.15) is 5.10 Å². The number of hydrogen-bond donors (Lipinski definition) is 0. The van der Waals surface area contributed by atoms with E-state index in [0.29, 0.717) is 12.2 Å². The van der Waals surface area contributed by atoms with Crippen molar-refractivity contribution < 1.29 is 9.53 Å². The van der Waals surface area contributed by atoms with E-state index < -0.39 is 0 Å². The number of hydrogen-bond acceptors (Lipinski definition) is 3. The van der Waals surface area contributed by atoms with Gasteiger partial charge in [0.15, 0.2) is 0 Å². The van der Waals surface area contributed by atoms with Crippen molar-refractivity contribution in [3.63, 3.8) is 0 Å². The van der Waals surface area contributed by atoms with Crippen molar-refractivity contribution in [1.29, 1.82) is 0 Å². The van der Waals surface area contributed by atoms with Gasteiger partial charge in [-0.25, -0.2) is 9.48 Å². The lowest BCUT2D eigenvalue weighted by Crippen LogP contribution is -2.05. The topological polar surface area (TPSA) is 44.1 Å². The van der Waals surface area contributed by atoms with Crippen LogP contribution in [-0.4, -0.2) is 22.4 Å². The Morgan fingerprint density at radius 1 is 1.32 bits per heavy atom. The monoisotopic (exact) mass is 256 g/mol. The highest BCUT2D eigenvalue weighted by molar-refractivity contribution is 5.89. The third kappa shape index (κ3) is 3.55. The zero-order valence-corrected chi connectivity index (χ0v) is 10.8. The van der Waals surface area contributed by atoms with Gasteiger partial charge in [-0.05, 0) is 36.8 Å². The summed E-state index contributed by atoms with van der Waals surface area (Å²) in [6, 6.07) is 9.00. The Balaban J connectivity index is 1.98. The summed E-state index contributed by atoms with van der Waals surface area (Å²) in [4.78, 5) is 11.7. The molecule has 0 aliphatic carbocycles. The molecule has 0 fully saturated rings. The second-order valence-corrected chi connectivity index (χ2v) is 3.98. The molecule has 4 heteroatoms. The van der Waals surface area contributed by atoms with E-state index in [2.05, 4.69) is 5.10 Å². The first-order chi connectivity index (χ1) is 9.31. The van der Waals surface area contributed by atoms with Gasteiger partial charge in [0, 0.05) is 12.4 Å². The quantitative estimate of drug-likeness (QED) is 0.610. The van der Waals surface area contributed by atoms with Crippen molar-refractivity contribution in [2.45, 2.75) is 13.3 Å². The zero-order valence-electron chi connectivity index (χ0n) is 10.8. The van der Waals surface area contributed by atoms with Crippen LogP contribution in [0.4, 0.5) is 0 Å². The number of benzene rings is 1. The van der Waals surface area contributed by atoms with Gasteiger partial charge < -0.3 is 4.74 Å². The molecule has 0 bridgehead atoms. The minimum absolute atomic E-state index is 0.312. The lowest BCUT2D eigenvalue weighted by Gasteiger charge is -2.04. The molecule has 2 rings (SSSR count). The van der Waals surface area contributed by atoms with Crippen molar-refractivity contribution in [2.75, 3.05) is 6.61 Å². The number of nitrogens with zero attached hydrogens (tertiary/aromatic N) is 2. The number of allylic oxidation sites excluding steroid dienone is 1. The molecule has 0 spiro atoms. The average molecular weight is 256 g/mol. The number of aromatic nitrogens is 2. The summed E-state index contributed by atoms with van der Waals surface area (Å²) in [6.07, 6.45) is 8.31. The summed E-state index contributed by atoms with van der Waals surface area (Å²) < 4.78 is 6.85. The van der Waals surface area contributed by atoms with Crippen LogP contribution in [0.3, 0.4) is 0 Å². The predicted molar refractivity (Wildman–Crippen MR) is 73.3 cm³/mol. The van der Waals surface area contributed by atoms with Crippen molar-refractivity contribution in [2.24, 2.45) is 0 Å². The Labute approximate surface area is 112 Å². The summed E-state index contributed by atoms with van der Waals surface area (Å²) in [7, 11) is 0. The number of carbonyl (C=O) groups excluding carboxylic acids is 1. The Morgan fingerprint density at radius 2 is 2.11 bits per heavy atom. The summed E-state index contributed by atoms with van der Waals surface area (Å²) >= 11 is 0. The fourth-order valence-corrected chi connectivity index (χ4v) is 1.61. The highest BCUT2D eigenvalue weighted by Crippen LogP contribution is 2.09. The minimum Gasteiger partial charge on any atom is -0.458 e. The van der Waals surface area contributed by atoms with Gasteiger partial charge in [-0.3, -0.25) is 0 Å². The molecule has 0 saturated heterocycles. The van der Waals surface area contributed by atoms with E-state index >= 15 is 0 Å². The van der Waals surface area contributed by atoms with Gasteiger partial charge in [0.25, 0.3) is 0 Å². The van der Waals surface area contributed by atoms with Gasteiger partial charge in [-0.15, -0.1) is 0 Å². The molecule has 0 atom stereocenters. The molecule has 1 aromatic carbocycles. The standard InChI is InChI=1S/C15H16N2O2/c1-2-3-4-12-19-15(18)13-6-8-14(9-7-13)17-11-5-10-16-17/h3-11H,2,12H2,1H3/b4-3+. The third-order valence-corrected chi connectivity index (χ3v) is 2.58. The van der Waals surface area contributed by atoms with Crippen molar-refractivity contribution in [1.82, 2.24) is 9.78 Å². The molecule has 98 valence electrons.